The first-order chi connectivity index (χ1) is 7.60. The lowest BCUT2D eigenvalue weighted by Crippen LogP contribution is -2.31. The van der Waals surface area contributed by atoms with Gasteiger partial charge < -0.3 is 15.8 Å². The summed E-state index contributed by atoms with van der Waals surface area (Å²) < 4.78 is 5.28. The Labute approximate surface area is 99.7 Å². The molecule has 0 spiro atoms. The first-order valence-corrected chi connectivity index (χ1v) is 5.37. The maximum atomic E-state index is 11.3. The van der Waals surface area contributed by atoms with Crippen molar-refractivity contribution < 1.29 is 9.53 Å². The van der Waals surface area contributed by atoms with Crippen molar-refractivity contribution in [2.45, 2.75) is 13.0 Å². The zero-order valence-electron chi connectivity index (χ0n) is 9.29. The molecule has 0 radical (unpaired) electrons. The lowest BCUT2D eigenvalue weighted by Gasteiger charge is -2.12. The monoisotopic (exact) mass is 242 g/mol. The maximum Gasteiger partial charge on any atom is 0.241 e. The fourth-order valence-electron chi connectivity index (χ4n) is 1.29. The van der Waals surface area contributed by atoms with E-state index in [1.807, 2.05) is 6.92 Å². The summed E-state index contributed by atoms with van der Waals surface area (Å²) >= 11 is 5.99. The zero-order chi connectivity index (χ0) is 12.1. The lowest BCUT2D eigenvalue weighted by atomic mass is 10.1. The molecule has 1 unspecified atom stereocenters. The Kier molecular flexibility index (Phi) is 4.58. The van der Waals surface area contributed by atoms with E-state index in [1.54, 1.807) is 25.2 Å². The Morgan fingerprint density at radius 2 is 2.31 bits per heavy atom. The van der Waals surface area contributed by atoms with E-state index < -0.39 is 6.04 Å². The Hall–Kier alpha value is -1.26. The third-order valence-electron chi connectivity index (χ3n) is 2.14. The van der Waals surface area contributed by atoms with E-state index in [-0.39, 0.29) is 5.91 Å². The zero-order valence-corrected chi connectivity index (χ0v) is 10.0. The van der Waals surface area contributed by atoms with Crippen LogP contribution in [0.4, 0.5) is 0 Å². The number of nitrogens with two attached hydrogens (primary N) is 1. The van der Waals surface area contributed by atoms with Gasteiger partial charge in [0.2, 0.25) is 5.91 Å². The second-order valence-corrected chi connectivity index (χ2v) is 3.62. The molecule has 3 N–H and O–H groups in total. The highest BCUT2D eigenvalue weighted by atomic mass is 35.5. The molecule has 1 amide bonds. The van der Waals surface area contributed by atoms with Crippen LogP contribution in [0.2, 0.25) is 5.02 Å². The molecule has 16 heavy (non-hydrogen) atoms. The number of benzene rings is 1. The molecule has 0 saturated heterocycles. The number of halogens is 1. The van der Waals surface area contributed by atoms with Crippen LogP contribution in [-0.2, 0) is 4.79 Å². The van der Waals surface area contributed by atoms with E-state index in [1.165, 1.54) is 0 Å². The summed E-state index contributed by atoms with van der Waals surface area (Å²) in [6.07, 6.45) is 0. The number of nitrogens with one attached hydrogen (secondary N) is 1. The van der Waals surface area contributed by atoms with Crippen molar-refractivity contribution in [3.05, 3.63) is 28.8 Å². The van der Waals surface area contributed by atoms with Crippen molar-refractivity contribution in [1.82, 2.24) is 5.32 Å². The van der Waals surface area contributed by atoms with Gasteiger partial charge >= 0.3 is 0 Å². The van der Waals surface area contributed by atoms with Gasteiger partial charge in [0.25, 0.3) is 0 Å². The maximum absolute atomic E-state index is 11.3. The molecule has 4 nitrogen and oxygen atoms in total. The van der Waals surface area contributed by atoms with Crippen molar-refractivity contribution in [3.63, 3.8) is 0 Å². The molecule has 0 fully saturated rings. The fourth-order valence-corrected chi connectivity index (χ4v) is 1.53. The summed E-state index contributed by atoms with van der Waals surface area (Å²) in [6, 6.07) is 4.38. The van der Waals surface area contributed by atoms with Gasteiger partial charge in [-0.25, -0.2) is 0 Å². The highest BCUT2D eigenvalue weighted by Gasteiger charge is 2.15. The quantitative estimate of drug-likeness (QED) is 0.841. The predicted octanol–water partition coefficient (Wildman–Crippen LogP) is 1.48. The smallest absolute Gasteiger partial charge is 0.241 e. The predicted molar refractivity (Wildman–Crippen MR) is 63.6 cm³/mol. The van der Waals surface area contributed by atoms with Crippen LogP contribution in [0.15, 0.2) is 18.2 Å². The summed E-state index contributed by atoms with van der Waals surface area (Å²) in [5, 5.41) is 2.94. The minimum atomic E-state index is -0.710. The van der Waals surface area contributed by atoms with Crippen molar-refractivity contribution in [2.24, 2.45) is 5.73 Å². The molecule has 1 rings (SSSR count). The highest BCUT2D eigenvalue weighted by Crippen LogP contribution is 2.27. The van der Waals surface area contributed by atoms with Crippen LogP contribution in [-0.4, -0.2) is 19.6 Å². The summed E-state index contributed by atoms with van der Waals surface area (Å²) in [6.45, 7) is 2.42. The highest BCUT2D eigenvalue weighted by molar-refractivity contribution is 6.32. The van der Waals surface area contributed by atoms with Crippen molar-refractivity contribution in [1.29, 1.82) is 0 Å². The summed E-state index contributed by atoms with van der Waals surface area (Å²) in [4.78, 5) is 11.3. The second-order valence-electron chi connectivity index (χ2n) is 3.21. The topological polar surface area (TPSA) is 64.3 Å². The Morgan fingerprint density at radius 1 is 1.62 bits per heavy atom. The SMILES string of the molecule is CCOc1ccc(C(N)C(=O)NC)cc1Cl. The van der Waals surface area contributed by atoms with Crippen molar-refractivity contribution in [2.75, 3.05) is 13.7 Å². The Bertz CT molecular complexity index is 382. The summed E-state index contributed by atoms with van der Waals surface area (Å²) in [7, 11) is 1.54. The number of ether oxygens (including phenoxy) is 1. The number of hydrogen-bond donors (Lipinski definition) is 2. The third-order valence-corrected chi connectivity index (χ3v) is 2.44. The van der Waals surface area contributed by atoms with Gasteiger partial charge in [-0.05, 0) is 24.6 Å². The van der Waals surface area contributed by atoms with Crippen LogP contribution in [0.5, 0.6) is 5.75 Å². The summed E-state index contributed by atoms with van der Waals surface area (Å²) in [5.41, 5.74) is 6.39. The normalized spacial score (nSPS) is 12.0. The van der Waals surface area contributed by atoms with Crippen LogP contribution in [0, 0.1) is 0 Å². The number of rotatable bonds is 4. The largest absolute Gasteiger partial charge is 0.492 e. The number of likely N-dealkylation sites (N-methyl/N-ethyl adjacent to an activating group) is 1. The van der Waals surface area contributed by atoms with Gasteiger partial charge in [0, 0.05) is 7.05 Å². The van der Waals surface area contributed by atoms with Gasteiger partial charge in [-0.3, -0.25) is 4.79 Å². The molecule has 0 aliphatic carbocycles. The fraction of sp³-hybridized carbons (Fsp3) is 0.364. The third kappa shape index (κ3) is 2.87. The first-order valence-electron chi connectivity index (χ1n) is 4.99. The molecule has 0 bridgehead atoms. The summed E-state index contributed by atoms with van der Waals surface area (Å²) in [5.74, 6) is 0.345. The molecule has 5 heteroatoms. The molecule has 1 atom stereocenters. The number of carbonyl (C=O) groups is 1. The Morgan fingerprint density at radius 3 is 2.81 bits per heavy atom. The first kappa shape index (κ1) is 12.8. The number of carbonyl (C=O) groups excluding carboxylic acids is 1. The van der Waals surface area contributed by atoms with Gasteiger partial charge in [-0.2, -0.15) is 0 Å². The average Bonchev–Trinajstić information content (AvgIpc) is 2.30. The van der Waals surface area contributed by atoms with Crippen LogP contribution in [0.3, 0.4) is 0 Å². The lowest BCUT2D eigenvalue weighted by molar-refractivity contribution is -0.121. The average molecular weight is 243 g/mol. The number of amides is 1. The molecule has 1 aromatic rings. The number of hydrogen-bond acceptors (Lipinski definition) is 3. The molecular weight excluding hydrogens is 228 g/mol. The van der Waals surface area contributed by atoms with Gasteiger partial charge in [0.1, 0.15) is 11.8 Å². The van der Waals surface area contributed by atoms with E-state index in [9.17, 15) is 4.79 Å². The molecule has 0 heterocycles. The van der Waals surface area contributed by atoms with Crippen LogP contribution in [0.1, 0.15) is 18.5 Å². The van der Waals surface area contributed by atoms with E-state index in [2.05, 4.69) is 5.32 Å². The molecule has 0 aliphatic heterocycles. The van der Waals surface area contributed by atoms with E-state index in [0.717, 1.165) is 0 Å². The van der Waals surface area contributed by atoms with Gasteiger partial charge in [-0.15, -0.1) is 0 Å². The second kappa shape index (κ2) is 5.72. The molecule has 0 saturated carbocycles. The standard InChI is InChI=1S/C11H15ClN2O2/c1-3-16-9-5-4-7(6-8(9)12)10(13)11(15)14-2/h4-6,10H,3,13H2,1-2H3,(H,14,15). The van der Waals surface area contributed by atoms with Gasteiger partial charge in [0.15, 0.2) is 0 Å². The van der Waals surface area contributed by atoms with Crippen LogP contribution in [0.25, 0.3) is 0 Å². The van der Waals surface area contributed by atoms with Crippen molar-refractivity contribution in [3.8, 4) is 5.75 Å². The Balaban J connectivity index is 2.92. The van der Waals surface area contributed by atoms with Crippen molar-refractivity contribution >= 4 is 17.5 Å². The van der Waals surface area contributed by atoms with Crippen LogP contribution >= 0.6 is 11.6 Å². The molecule has 0 aliphatic rings. The van der Waals surface area contributed by atoms with E-state index in [0.29, 0.717) is 22.9 Å². The van der Waals surface area contributed by atoms with Gasteiger partial charge in [-0.1, -0.05) is 17.7 Å². The minimum Gasteiger partial charge on any atom is -0.492 e. The van der Waals surface area contributed by atoms with Crippen LogP contribution < -0.4 is 15.8 Å². The molecule has 88 valence electrons. The van der Waals surface area contributed by atoms with E-state index in [4.69, 9.17) is 22.1 Å². The van der Waals surface area contributed by atoms with E-state index >= 15 is 0 Å². The molecule has 0 aromatic heterocycles. The molecule has 1 aromatic carbocycles. The molecular formula is C11H15ClN2O2. The minimum absolute atomic E-state index is 0.250. The van der Waals surface area contributed by atoms with Gasteiger partial charge in [0.05, 0.1) is 11.6 Å².